The summed E-state index contributed by atoms with van der Waals surface area (Å²) in [5.74, 6) is 0.651. The van der Waals surface area contributed by atoms with Gasteiger partial charge in [-0.05, 0) is 41.8 Å². The third-order valence-electron chi connectivity index (χ3n) is 3.59. The van der Waals surface area contributed by atoms with Crippen LogP contribution in [0.3, 0.4) is 0 Å². The number of carbonyl (C=O) groups is 1. The zero-order valence-corrected chi connectivity index (χ0v) is 16.0. The number of halogens is 1. The summed E-state index contributed by atoms with van der Waals surface area (Å²) in [4.78, 5) is 16.2. The van der Waals surface area contributed by atoms with Gasteiger partial charge in [0.15, 0.2) is 5.96 Å². The van der Waals surface area contributed by atoms with E-state index in [1.54, 1.807) is 12.1 Å². The number of benzene rings is 2. The highest BCUT2D eigenvalue weighted by atomic mass is 79.9. The van der Waals surface area contributed by atoms with Gasteiger partial charge in [0.1, 0.15) is 0 Å². The van der Waals surface area contributed by atoms with Crippen LogP contribution in [0, 0.1) is 0 Å². The molecule has 2 rings (SSSR count). The van der Waals surface area contributed by atoms with Gasteiger partial charge in [0.25, 0.3) is 5.91 Å². The summed E-state index contributed by atoms with van der Waals surface area (Å²) in [6.07, 6.45) is 0. The molecule has 0 bridgehead atoms. The molecule has 25 heavy (non-hydrogen) atoms. The van der Waals surface area contributed by atoms with Gasteiger partial charge in [-0.2, -0.15) is 0 Å². The third kappa shape index (κ3) is 6.23. The average molecular weight is 403 g/mol. The number of hydrogen-bond acceptors (Lipinski definition) is 2. The first-order valence-electron chi connectivity index (χ1n) is 8.16. The van der Waals surface area contributed by atoms with Crippen molar-refractivity contribution in [2.75, 3.05) is 18.4 Å². The molecule has 0 saturated heterocycles. The van der Waals surface area contributed by atoms with Crippen molar-refractivity contribution in [2.45, 2.75) is 19.8 Å². The van der Waals surface area contributed by atoms with E-state index in [2.05, 4.69) is 57.5 Å². The Balaban J connectivity index is 1.81. The average Bonchev–Trinajstić information content (AvgIpc) is 2.58. The number of nitrogens with zero attached hydrogens (tertiary/aromatic N) is 1. The van der Waals surface area contributed by atoms with Crippen LogP contribution in [0.4, 0.5) is 5.69 Å². The highest BCUT2D eigenvalue weighted by molar-refractivity contribution is 9.10. The van der Waals surface area contributed by atoms with E-state index in [-0.39, 0.29) is 5.91 Å². The molecular weight excluding hydrogens is 380 g/mol. The van der Waals surface area contributed by atoms with E-state index in [0.29, 0.717) is 30.5 Å². The second kappa shape index (κ2) is 9.22. The first kappa shape index (κ1) is 19.0. The van der Waals surface area contributed by atoms with Gasteiger partial charge >= 0.3 is 0 Å². The number of nitrogens with one attached hydrogen (secondary N) is 2. The van der Waals surface area contributed by atoms with Gasteiger partial charge in [0, 0.05) is 22.3 Å². The molecule has 0 aromatic heterocycles. The fraction of sp³-hybridized carbons (Fsp3) is 0.263. The largest absolute Gasteiger partial charge is 0.370 e. The first-order chi connectivity index (χ1) is 12.0. The number of amides is 1. The van der Waals surface area contributed by atoms with Crippen LogP contribution in [0.15, 0.2) is 58.0 Å². The maximum absolute atomic E-state index is 12.0. The summed E-state index contributed by atoms with van der Waals surface area (Å²) >= 11 is 3.35. The maximum atomic E-state index is 12.0. The third-order valence-corrected chi connectivity index (χ3v) is 4.09. The van der Waals surface area contributed by atoms with Gasteiger partial charge in [-0.25, -0.2) is 0 Å². The minimum absolute atomic E-state index is 0.132. The number of aliphatic imine (C=N–C) groups is 1. The standard InChI is InChI=1S/C19H23BrN4O/c1-13(2)14-5-4-8-17(12-14)24-19(21)23-10-9-22-18(25)15-6-3-7-16(20)11-15/h3-8,11-13H,9-10H2,1-2H3,(H,22,25)(H3,21,23,24). The van der Waals surface area contributed by atoms with Crippen molar-refractivity contribution in [1.82, 2.24) is 5.32 Å². The van der Waals surface area contributed by atoms with Crippen LogP contribution >= 0.6 is 15.9 Å². The fourth-order valence-electron chi connectivity index (χ4n) is 2.24. The van der Waals surface area contributed by atoms with Gasteiger partial charge in [0.05, 0.1) is 6.54 Å². The lowest BCUT2D eigenvalue weighted by Crippen LogP contribution is -2.28. The van der Waals surface area contributed by atoms with Crippen molar-refractivity contribution in [1.29, 1.82) is 0 Å². The van der Waals surface area contributed by atoms with E-state index < -0.39 is 0 Å². The summed E-state index contributed by atoms with van der Waals surface area (Å²) < 4.78 is 0.871. The molecule has 0 saturated carbocycles. The number of rotatable bonds is 6. The van der Waals surface area contributed by atoms with Crippen LogP contribution in [-0.2, 0) is 0 Å². The van der Waals surface area contributed by atoms with Crippen LogP contribution in [0.1, 0.15) is 35.7 Å². The first-order valence-corrected chi connectivity index (χ1v) is 8.95. The maximum Gasteiger partial charge on any atom is 0.251 e. The molecule has 5 nitrogen and oxygen atoms in total. The lowest BCUT2D eigenvalue weighted by atomic mass is 10.0. The molecule has 4 N–H and O–H groups in total. The SMILES string of the molecule is CC(C)c1cccc(NC(N)=NCCNC(=O)c2cccc(Br)c2)c1. The molecule has 2 aromatic carbocycles. The van der Waals surface area contributed by atoms with E-state index in [0.717, 1.165) is 10.2 Å². The quantitative estimate of drug-likeness (QED) is 0.391. The molecule has 0 aliphatic rings. The summed E-state index contributed by atoms with van der Waals surface area (Å²) in [5, 5.41) is 5.89. The Hall–Kier alpha value is -2.34. The lowest BCUT2D eigenvalue weighted by molar-refractivity contribution is 0.0954. The molecule has 0 fully saturated rings. The van der Waals surface area contributed by atoms with Gasteiger partial charge in [-0.3, -0.25) is 9.79 Å². The lowest BCUT2D eigenvalue weighted by Gasteiger charge is -2.10. The minimum Gasteiger partial charge on any atom is -0.370 e. The van der Waals surface area contributed by atoms with Gasteiger partial charge in [-0.15, -0.1) is 0 Å². The monoisotopic (exact) mass is 402 g/mol. The van der Waals surface area contributed by atoms with Crippen molar-refractivity contribution in [2.24, 2.45) is 10.7 Å². The number of guanidine groups is 1. The molecule has 0 aliphatic carbocycles. The molecular formula is C19H23BrN4O. The Kier molecular flexibility index (Phi) is 7.01. The van der Waals surface area contributed by atoms with E-state index >= 15 is 0 Å². The van der Waals surface area contributed by atoms with Crippen LogP contribution < -0.4 is 16.4 Å². The van der Waals surface area contributed by atoms with Crippen LogP contribution in [0.25, 0.3) is 0 Å². The molecule has 0 spiro atoms. The molecule has 6 heteroatoms. The summed E-state index contributed by atoms with van der Waals surface area (Å²) in [6.45, 7) is 5.11. The fourth-order valence-corrected chi connectivity index (χ4v) is 2.64. The predicted octanol–water partition coefficient (Wildman–Crippen LogP) is 3.73. The second-order valence-electron chi connectivity index (χ2n) is 5.94. The van der Waals surface area contributed by atoms with Crippen molar-refractivity contribution in [3.8, 4) is 0 Å². The highest BCUT2D eigenvalue weighted by Gasteiger charge is 2.05. The molecule has 0 heterocycles. The Bertz CT molecular complexity index is 759. The Morgan fingerprint density at radius 3 is 2.68 bits per heavy atom. The van der Waals surface area contributed by atoms with E-state index in [1.807, 2.05) is 24.3 Å². The van der Waals surface area contributed by atoms with Crippen LogP contribution in [-0.4, -0.2) is 25.0 Å². The van der Waals surface area contributed by atoms with Gasteiger partial charge in [0.2, 0.25) is 0 Å². The molecule has 0 aliphatic heterocycles. The molecule has 0 radical (unpaired) electrons. The van der Waals surface area contributed by atoms with Crippen molar-refractivity contribution in [3.63, 3.8) is 0 Å². The Labute approximate surface area is 156 Å². The number of nitrogens with two attached hydrogens (primary N) is 1. The van der Waals surface area contributed by atoms with Gasteiger partial charge in [-0.1, -0.05) is 48.0 Å². The number of carbonyl (C=O) groups excluding carboxylic acids is 1. The molecule has 1 amide bonds. The molecule has 0 atom stereocenters. The van der Waals surface area contributed by atoms with E-state index in [9.17, 15) is 4.79 Å². The van der Waals surface area contributed by atoms with Crippen LogP contribution in [0.5, 0.6) is 0 Å². The number of anilines is 1. The molecule has 0 unspecified atom stereocenters. The number of hydrogen-bond donors (Lipinski definition) is 3. The zero-order chi connectivity index (χ0) is 18.2. The Morgan fingerprint density at radius 2 is 1.96 bits per heavy atom. The van der Waals surface area contributed by atoms with Crippen molar-refractivity contribution in [3.05, 3.63) is 64.1 Å². The topological polar surface area (TPSA) is 79.5 Å². The smallest absolute Gasteiger partial charge is 0.251 e. The van der Waals surface area contributed by atoms with E-state index in [1.165, 1.54) is 5.56 Å². The minimum atomic E-state index is -0.132. The highest BCUT2D eigenvalue weighted by Crippen LogP contribution is 2.18. The summed E-state index contributed by atoms with van der Waals surface area (Å²) in [7, 11) is 0. The van der Waals surface area contributed by atoms with Crippen LogP contribution in [0.2, 0.25) is 0 Å². The van der Waals surface area contributed by atoms with Crippen molar-refractivity contribution < 1.29 is 4.79 Å². The normalized spacial score (nSPS) is 11.4. The zero-order valence-electron chi connectivity index (χ0n) is 14.4. The molecule has 132 valence electrons. The van der Waals surface area contributed by atoms with Gasteiger partial charge < -0.3 is 16.4 Å². The van der Waals surface area contributed by atoms with E-state index in [4.69, 9.17) is 5.73 Å². The summed E-state index contributed by atoms with van der Waals surface area (Å²) in [5.41, 5.74) is 8.65. The van der Waals surface area contributed by atoms with Crippen molar-refractivity contribution >= 4 is 33.5 Å². The summed E-state index contributed by atoms with van der Waals surface area (Å²) in [6, 6.07) is 15.3. The Morgan fingerprint density at radius 1 is 1.20 bits per heavy atom. The molecule has 2 aromatic rings. The second-order valence-corrected chi connectivity index (χ2v) is 6.85. The predicted molar refractivity (Wildman–Crippen MR) is 107 cm³/mol.